The summed E-state index contributed by atoms with van der Waals surface area (Å²) in [4.78, 5) is 0. The minimum absolute atomic E-state index is 1.04. The molecular formula is C11H22IN. The van der Waals surface area contributed by atoms with E-state index in [0.29, 0.717) is 0 Å². The maximum atomic E-state index is 3.42. The molecule has 0 aromatic rings. The molecule has 0 amide bonds. The average molecular weight is 295 g/mol. The first-order valence-electron chi connectivity index (χ1n) is 5.70. The lowest BCUT2D eigenvalue weighted by Gasteiger charge is -2.22. The van der Waals surface area contributed by atoms with E-state index in [-0.39, 0.29) is 0 Å². The van der Waals surface area contributed by atoms with Crippen molar-refractivity contribution in [3.63, 3.8) is 0 Å². The molecule has 1 aliphatic heterocycles. The van der Waals surface area contributed by atoms with E-state index in [1.54, 1.807) is 0 Å². The lowest BCUT2D eigenvalue weighted by molar-refractivity contribution is 0.342. The Morgan fingerprint density at radius 1 is 1.00 bits per heavy atom. The summed E-state index contributed by atoms with van der Waals surface area (Å²) < 4.78 is 1.34. The molecule has 1 saturated heterocycles. The number of halogens is 1. The van der Waals surface area contributed by atoms with Gasteiger partial charge in [0, 0.05) is 0 Å². The fourth-order valence-electron chi connectivity index (χ4n) is 2.05. The van der Waals surface area contributed by atoms with Crippen LogP contribution in [0.2, 0.25) is 0 Å². The minimum Gasteiger partial charge on any atom is -0.317 e. The van der Waals surface area contributed by atoms with Gasteiger partial charge in [-0.15, -0.1) is 0 Å². The topological polar surface area (TPSA) is 12.0 Å². The summed E-state index contributed by atoms with van der Waals surface area (Å²) in [7, 11) is 0. The molecule has 78 valence electrons. The third-order valence-corrected chi connectivity index (χ3v) is 3.72. The highest BCUT2D eigenvalue weighted by Crippen LogP contribution is 2.19. The van der Waals surface area contributed by atoms with Crippen LogP contribution in [-0.4, -0.2) is 17.5 Å². The summed E-state index contributed by atoms with van der Waals surface area (Å²) in [6, 6.07) is 0. The highest BCUT2D eigenvalue weighted by Gasteiger charge is 2.11. The van der Waals surface area contributed by atoms with E-state index in [9.17, 15) is 0 Å². The molecule has 0 aromatic carbocycles. The first-order valence-corrected chi connectivity index (χ1v) is 7.22. The molecule has 0 atom stereocenters. The molecule has 1 nitrogen and oxygen atoms in total. The van der Waals surface area contributed by atoms with Crippen LogP contribution in [0.5, 0.6) is 0 Å². The number of rotatable bonds is 6. The van der Waals surface area contributed by atoms with Crippen molar-refractivity contribution in [2.45, 2.75) is 44.9 Å². The zero-order valence-electron chi connectivity index (χ0n) is 8.53. The van der Waals surface area contributed by atoms with E-state index < -0.39 is 0 Å². The Bertz CT molecular complexity index is 111. The van der Waals surface area contributed by atoms with Gasteiger partial charge in [-0.1, -0.05) is 48.3 Å². The Morgan fingerprint density at radius 3 is 2.38 bits per heavy atom. The quantitative estimate of drug-likeness (QED) is 0.450. The third kappa shape index (κ3) is 5.89. The van der Waals surface area contributed by atoms with E-state index in [1.165, 1.54) is 62.5 Å². The van der Waals surface area contributed by atoms with E-state index in [4.69, 9.17) is 0 Å². The van der Waals surface area contributed by atoms with Crippen LogP contribution in [0.15, 0.2) is 0 Å². The fraction of sp³-hybridized carbons (Fsp3) is 1.00. The van der Waals surface area contributed by atoms with Gasteiger partial charge in [-0.2, -0.15) is 0 Å². The zero-order chi connectivity index (χ0) is 9.36. The van der Waals surface area contributed by atoms with Gasteiger partial charge in [0.05, 0.1) is 0 Å². The van der Waals surface area contributed by atoms with Crippen molar-refractivity contribution in [3.05, 3.63) is 0 Å². The van der Waals surface area contributed by atoms with Crippen LogP contribution in [0.25, 0.3) is 0 Å². The molecule has 0 aliphatic carbocycles. The third-order valence-electron chi connectivity index (χ3n) is 2.95. The molecule has 1 rings (SSSR count). The van der Waals surface area contributed by atoms with Crippen LogP contribution in [0.1, 0.15) is 44.9 Å². The van der Waals surface area contributed by atoms with Crippen LogP contribution >= 0.6 is 22.6 Å². The van der Waals surface area contributed by atoms with E-state index in [1.807, 2.05) is 0 Å². The number of nitrogens with one attached hydrogen (secondary N) is 1. The molecule has 1 N–H and O–H groups in total. The number of unbranched alkanes of at least 4 members (excludes halogenated alkanes) is 3. The van der Waals surface area contributed by atoms with Gasteiger partial charge in [0.25, 0.3) is 0 Å². The van der Waals surface area contributed by atoms with Gasteiger partial charge >= 0.3 is 0 Å². The standard InChI is InChI=1S/C11H22IN/c12-8-4-2-1-3-5-11-6-9-13-10-7-11/h11,13H,1-10H2. The van der Waals surface area contributed by atoms with Crippen molar-refractivity contribution in [2.75, 3.05) is 17.5 Å². The van der Waals surface area contributed by atoms with E-state index in [2.05, 4.69) is 27.9 Å². The molecule has 1 heterocycles. The first kappa shape index (κ1) is 11.8. The zero-order valence-corrected chi connectivity index (χ0v) is 10.7. The predicted molar refractivity (Wildman–Crippen MR) is 67.6 cm³/mol. The molecule has 0 spiro atoms. The van der Waals surface area contributed by atoms with Gasteiger partial charge in [0.2, 0.25) is 0 Å². The number of hydrogen-bond acceptors (Lipinski definition) is 1. The molecule has 2 heteroatoms. The van der Waals surface area contributed by atoms with Gasteiger partial charge < -0.3 is 5.32 Å². The number of piperidine rings is 1. The summed E-state index contributed by atoms with van der Waals surface area (Å²) in [5, 5.41) is 3.42. The SMILES string of the molecule is ICCCCCCC1CCNCC1. The summed E-state index contributed by atoms with van der Waals surface area (Å²) >= 11 is 2.47. The predicted octanol–water partition coefficient (Wildman–Crippen LogP) is 3.37. The van der Waals surface area contributed by atoms with E-state index in [0.717, 1.165) is 5.92 Å². The Labute approximate surface area is 96.2 Å². The van der Waals surface area contributed by atoms with Crippen LogP contribution in [0, 0.1) is 5.92 Å². The summed E-state index contributed by atoms with van der Waals surface area (Å²) in [6.07, 6.45) is 10.1. The van der Waals surface area contributed by atoms with E-state index >= 15 is 0 Å². The van der Waals surface area contributed by atoms with Gasteiger partial charge in [0.15, 0.2) is 0 Å². The van der Waals surface area contributed by atoms with Crippen LogP contribution in [-0.2, 0) is 0 Å². The number of alkyl halides is 1. The Hall–Kier alpha value is 0.690. The van der Waals surface area contributed by atoms with Crippen molar-refractivity contribution >= 4 is 22.6 Å². The smallest absolute Gasteiger partial charge is 0.000473 e. The minimum atomic E-state index is 1.04. The molecule has 0 radical (unpaired) electrons. The molecule has 1 fully saturated rings. The van der Waals surface area contributed by atoms with Crippen molar-refractivity contribution in [2.24, 2.45) is 5.92 Å². The molecule has 0 bridgehead atoms. The summed E-state index contributed by atoms with van der Waals surface area (Å²) in [6.45, 7) is 2.52. The highest BCUT2D eigenvalue weighted by atomic mass is 127. The van der Waals surface area contributed by atoms with Gasteiger partial charge in [0.1, 0.15) is 0 Å². The summed E-state index contributed by atoms with van der Waals surface area (Å²) in [5.74, 6) is 1.04. The lowest BCUT2D eigenvalue weighted by atomic mass is 9.92. The monoisotopic (exact) mass is 295 g/mol. The highest BCUT2D eigenvalue weighted by molar-refractivity contribution is 14.1. The van der Waals surface area contributed by atoms with Crippen LogP contribution < -0.4 is 5.32 Å². The maximum absolute atomic E-state index is 3.42. The largest absolute Gasteiger partial charge is 0.317 e. The summed E-state index contributed by atoms with van der Waals surface area (Å²) in [5.41, 5.74) is 0. The van der Waals surface area contributed by atoms with Gasteiger partial charge in [-0.3, -0.25) is 0 Å². The van der Waals surface area contributed by atoms with Crippen LogP contribution in [0.3, 0.4) is 0 Å². The fourth-order valence-corrected chi connectivity index (χ4v) is 2.59. The molecule has 0 unspecified atom stereocenters. The maximum Gasteiger partial charge on any atom is -0.000473 e. The van der Waals surface area contributed by atoms with Crippen molar-refractivity contribution in [3.8, 4) is 0 Å². The Balaban J connectivity index is 1.86. The van der Waals surface area contributed by atoms with Crippen molar-refractivity contribution in [1.82, 2.24) is 5.32 Å². The first-order chi connectivity index (χ1) is 6.43. The molecule has 0 aromatic heterocycles. The second-order valence-electron chi connectivity index (χ2n) is 4.09. The van der Waals surface area contributed by atoms with Gasteiger partial charge in [-0.25, -0.2) is 0 Å². The number of hydrogen-bond donors (Lipinski definition) is 1. The Morgan fingerprint density at radius 2 is 1.69 bits per heavy atom. The molecule has 1 aliphatic rings. The molecule has 0 saturated carbocycles. The lowest BCUT2D eigenvalue weighted by Crippen LogP contribution is -2.27. The van der Waals surface area contributed by atoms with Crippen molar-refractivity contribution in [1.29, 1.82) is 0 Å². The Kier molecular flexibility index (Phi) is 7.27. The normalized spacial score (nSPS) is 19.2. The molecular weight excluding hydrogens is 273 g/mol. The average Bonchev–Trinajstić information content (AvgIpc) is 2.19. The second kappa shape index (κ2) is 8.04. The van der Waals surface area contributed by atoms with Crippen molar-refractivity contribution < 1.29 is 0 Å². The second-order valence-corrected chi connectivity index (χ2v) is 5.16. The molecule has 13 heavy (non-hydrogen) atoms. The van der Waals surface area contributed by atoms with Gasteiger partial charge in [-0.05, 0) is 42.7 Å². The van der Waals surface area contributed by atoms with Crippen LogP contribution in [0.4, 0.5) is 0 Å².